The number of amides is 1. The van der Waals surface area contributed by atoms with Gasteiger partial charge in [-0.25, -0.2) is 0 Å². The Morgan fingerprint density at radius 2 is 1.76 bits per heavy atom. The number of ether oxygens (including phenoxy) is 1. The van der Waals surface area contributed by atoms with E-state index < -0.39 is 6.10 Å². The van der Waals surface area contributed by atoms with Crippen LogP contribution in [0.3, 0.4) is 0 Å². The molecule has 4 nitrogen and oxygen atoms in total. The van der Waals surface area contributed by atoms with Crippen molar-refractivity contribution in [3.8, 4) is 5.75 Å². The van der Waals surface area contributed by atoms with Crippen molar-refractivity contribution in [1.29, 1.82) is 0 Å². The van der Waals surface area contributed by atoms with Gasteiger partial charge in [0.15, 0.2) is 6.10 Å². The molecule has 0 saturated heterocycles. The summed E-state index contributed by atoms with van der Waals surface area (Å²) in [5.41, 5.74) is 0.998. The first-order valence-corrected chi connectivity index (χ1v) is 7.46. The van der Waals surface area contributed by atoms with Crippen molar-refractivity contribution in [3.05, 3.63) is 29.8 Å². The normalized spacial score (nSPS) is 14.4. The molecule has 0 fully saturated rings. The predicted molar refractivity (Wildman–Crippen MR) is 86.7 cm³/mol. The van der Waals surface area contributed by atoms with Gasteiger partial charge in [-0.2, -0.15) is 0 Å². The Morgan fingerprint density at radius 1 is 1.19 bits per heavy atom. The molecule has 1 amide bonds. The van der Waals surface area contributed by atoms with Gasteiger partial charge in [-0.15, -0.1) is 0 Å². The van der Waals surface area contributed by atoms with Crippen LogP contribution < -0.4 is 15.4 Å². The minimum absolute atomic E-state index is 0.101. The fourth-order valence-electron chi connectivity index (χ4n) is 1.89. The lowest BCUT2D eigenvalue weighted by atomic mass is 10.1. The first-order chi connectivity index (χ1) is 9.71. The first kappa shape index (κ1) is 17.5. The summed E-state index contributed by atoms with van der Waals surface area (Å²) in [4.78, 5) is 12.0. The lowest BCUT2D eigenvalue weighted by Gasteiger charge is -2.23. The van der Waals surface area contributed by atoms with Crippen molar-refractivity contribution in [2.75, 3.05) is 7.05 Å². The zero-order valence-electron chi connectivity index (χ0n) is 14.0. The molecule has 0 aliphatic carbocycles. The van der Waals surface area contributed by atoms with Crippen molar-refractivity contribution < 1.29 is 9.53 Å². The van der Waals surface area contributed by atoms with E-state index in [1.54, 1.807) is 6.92 Å². The number of hydrogen-bond donors (Lipinski definition) is 2. The van der Waals surface area contributed by atoms with E-state index in [1.165, 1.54) is 5.56 Å². The van der Waals surface area contributed by atoms with Gasteiger partial charge < -0.3 is 15.4 Å². The average Bonchev–Trinajstić information content (AvgIpc) is 2.38. The molecule has 0 spiro atoms. The van der Waals surface area contributed by atoms with Crippen LogP contribution in [0.5, 0.6) is 5.75 Å². The van der Waals surface area contributed by atoms with Crippen LogP contribution in [0.25, 0.3) is 0 Å². The summed E-state index contributed by atoms with van der Waals surface area (Å²) in [6.07, 6.45) is 0.461. The molecular formula is C17H28N2O2. The van der Waals surface area contributed by atoms with Gasteiger partial charge in [0.2, 0.25) is 0 Å². The number of carbonyl (C=O) groups is 1. The molecule has 2 atom stereocenters. The number of rotatable bonds is 6. The van der Waals surface area contributed by atoms with Gasteiger partial charge >= 0.3 is 0 Å². The molecule has 1 rings (SSSR count). The topological polar surface area (TPSA) is 50.4 Å². The van der Waals surface area contributed by atoms with Crippen LogP contribution in [0.15, 0.2) is 24.3 Å². The lowest BCUT2D eigenvalue weighted by Crippen LogP contribution is -2.46. The number of hydrogen-bond acceptors (Lipinski definition) is 3. The zero-order chi connectivity index (χ0) is 16.0. The SMILES string of the molecule is CNC(C)Cc1ccc(OC(C)C(=O)NC(C)(C)C)cc1. The molecule has 0 radical (unpaired) electrons. The van der Waals surface area contributed by atoms with E-state index in [0.29, 0.717) is 11.8 Å². The molecule has 0 bridgehead atoms. The molecular weight excluding hydrogens is 264 g/mol. The minimum Gasteiger partial charge on any atom is -0.481 e. The Morgan fingerprint density at radius 3 is 2.24 bits per heavy atom. The van der Waals surface area contributed by atoms with Crippen LogP contribution in [0.4, 0.5) is 0 Å². The van der Waals surface area contributed by atoms with Gasteiger partial charge in [-0.05, 0) is 65.8 Å². The number of carbonyl (C=O) groups excluding carboxylic acids is 1. The largest absolute Gasteiger partial charge is 0.481 e. The van der Waals surface area contributed by atoms with Crippen LogP contribution in [0.1, 0.15) is 40.2 Å². The molecule has 0 saturated carbocycles. The Kier molecular flexibility index (Phi) is 6.21. The summed E-state index contributed by atoms with van der Waals surface area (Å²) in [5.74, 6) is 0.614. The molecule has 0 aliphatic rings. The number of likely N-dealkylation sites (N-methyl/N-ethyl adjacent to an activating group) is 1. The van der Waals surface area contributed by atoms with E-state index in [2.05, 4.69) is 17.6 Å². The third-order valence-corrected chi connectivity index (χ3v) is 3.14. The van der Waals surface area contributed by atoms with Gasteiger partial charge in [-0.1, -0.05) is 12.1 Å². The lowest BCUT2D eigenvalue weighted by molar-refractivity contribution is -0.128. The highest BCUT2D eigenvalue weighted by Crippen LogP contribution is 2.15. The van der Waals surface area contributed by atoms with Gasteiger partial charge in [0, 0.05) is 11.6 Å². The highest BCUT2D eigenvalue weighted by molar-refractivity contribution is 5.81. The monoisotopic (exact) mass is 292 g/mol. The Hall–Kier alpha value is -1.55. The second-order valence-electron chi connectivity index (χ2n) is 6.54. The quantitative estimate of drug-likeness (QED) is 0.847. The molecule has 4 heteroatoms. The Labute approximate surface area is 128 Å². The summed E-state index contributed by atoms with van der Waals surface area (Å²) in [6, 6.07) is 8.35. The molecule has 0 aromatic heterocycles. The summed E-state index contributed by atoms with van der Waals surface area (Å²) in [5, 5.41) is 6.12. The highest BCUT2D eigenvalue weighted by atomic mass is 16.5. The van der Waals surface area contributed by atoms with E-state index in [1.807, 2.05) is 52.1 Å². The summed E-state index contributed by atoms with van der Waals surface area (Å²) in [6.45, 7) is 9.77. The van der Waals surface area contributed by atoms with Crippen molar-refractivity contribution >= 4 is 5.91 Å². The van der Waals surface area contributed by atoms with Gasteiger partial charge in [-0.3, -0.25) is 4.79 Å². The van der Waals surface area contributed by atoms with Gasteiger partial charge in [0.05, 0.1) is 0 Å². The van der Waals surface area contributed by atoms with Crippen molar-refractivity contribution in [1.82, 2.24) is 10.6 Å². The fraction of sp³-hybridized carbons (Fsp3) is 0.588. The number of nitrogens with one attached hydrogen (secondary N) is 2. The summed E-state index contributed by atoms with van der Waals surface area (Å²) < 4.78 is 5.68. The van der Waals surface area contributed by atoms with Crippen LogP contribution in [-0.2, 0) is 11.2 Å². The van der Waals surface area contributed by atoms with Crippen LogP contribution in [-0.4, -0.2) is 30.6 Å². The Bertz CT molecular complexity index is 449. The molecule has 2 unspecified atom stereocenters. The third kappa shape index (κ3) is 6.63. The fourth-order valence-corrected chi connectivity index (χ4v) is 1.89. The molecule has 118 valence electrons. The van der Waals surface area contributed by atoms with Crippen molar-refractivity contribution in [2.45, 2.75) is 58.7 Å². The smallest absolute Gasteiger partial charge is 0.261 e. The summed E-state index contributed by atoms with van der Waals surface area (Å²) >= 11 is 0. The predicted octanol–water partition coefficient (Wildman–Crippen LogP) is 2.52. The average molecular weight is 292 g/mol. The molecule has 0 heterocycles. The standard InChI is InChI=1S/C17H28N2O2/c1-12(18-6)11-14-7-9-15(10-8-14)21-13(2)16(20)19-17(3,4)5/h7-10,12-13,18H,11H2,1-6H3,(H,19,20). The highest BCUT2D eigenvalue weighted by Gasteiger charge is 2.20. The maximum Gasteiger partial charge on any atom is 0.261 e. The molecule has 1 aromatic carbocycles. The zero-order valence-corrected chi connectivity index (χ0v) is 14.0. The van der Waals surface area contributed by atoms with E-state index in [0.717, 1.165) is 6.42 Å². The summed E-state index contributed by atoms with van der Waals surface area (Å²) in [7, 11) is 1.96. The Balaban J connectivity index is 2.57. The molecule has 0 aliphatic heterocycles. The van der Waals surface area contributed by atoms with Crippen LogP contribution in [0, 0.1) is 0 Å². The van der Waals surface area contributed by atoms with Gasteiger partial charge in [0.1, 0.15) is 5.75 Å². The first-order valence-electron chi connectivity index (χ1n) is 7.46. The second kappa shape index (κ2) is 7.46. The molecule has 21 heavy (non-hydrogen) atoms. The van der Waals surface area contributed by atoms with Crippen molar-refractivity contribution in [3.63, 3.8) is 0 Å². The maximum absolute atomic E-state index is 12.0. The van der Waals surface area contributed by atoms with Crippen molar-refractivity contribution in [2.24, 2.45) is 0 Å². The minimum atomic E-state index is -0.508. The van der Waals surface area contributed by atoms with E-state index in [-0.39, 0.29) is 11.4 Å². The number of benzene rings is 1. The maximum atomic E-state index is 12.0. The van der Waals surface area contributed by atoms with Crippen LogP contribution >= 0.6 is 0 Å². The van der Waals surface area contributed by atoms with Crippen LogP contribution in [0.2, 0.25) is 0 Å². The van der Waals surface area contributed by atoms with E-state index >= 15 is 0 Å². The van der Waals surface area contributed by atoms with E-state index in [9.17, 15) is 4.79 Å². The molecule has 2 N–H and O–H groups in total. The third-order valence-electron chi connectivity index (χ3n) is 3.14. The second-order valence-corrected chi connectivity index (χ2v) is 6.54. The van der Waals surface area contributed by atoms with E-state index in [4.69, 9.17) is 4.74 Å². The molecule has 1 aromatic rings. The van der Waals surface area contributed by atoms with Gasteiger partial charge in [0.25, 0.3) is 5.91 Å².